The first-order chi connectivity index (χ1) is 10.1. The van der Waals surface area contributed by atoms with Crippen molar-refractivity contribution in [2.75, 3.05) is 0 Å². The second-order valence-electron chi connectivity index (χ2n) is 4.77. The molecule has 1 atom stereocenters. The second-order valence-corrected chi connectivity index (χ2v) is 5.18. The molecule has 0 aliphatic rings. The molecule has 110 valence electrons. The SMILES string of the molecule is Cc1ccc(Cl)c(O[C@@H](C)C(=O)NCc2cccnc2)c1. The molecule has 0 saturated heterocycles. The first-order valence-electron chi connectivity index (χ1n) is 6.65. The van der Waals surface area contributed by atoms with Crippen LogP contribution in [0.2, 0.25) is 5.02 Å². The number of halogens is 1. The van der Waals surface area contributed by atoms with E-state index in [0.717, 1.165) is 11.1 Å². The first-order valence-corrected chi connectivity index (χ1v) is 7.03. The Labute approximate surface area is 129 Å². The Hall–Kier alpha value is -2.07. The first kappa shape index (κ1) is 15.3. The minimum atomic E-state index is -0.624. The van der Waals surface area contributed by atoms with Crippen molar-refractivity contribution in [2.24, 2.45) is 0 Å². The number of aryl methyl sites for hydroxylation is 1. The van der Waals surface area contributed by atoms with Gasteiger partial charge >= 0.3 is 0 Å². The van der Waals surface area contributed by atoms with Crippen LogP contribution in [0.5, 0.6) is 5.75 Å². The number of ether oxygens (including phenoxy) is 1. The molecule has 2 rings (SSSR count). The van der Waals surface area contributed by atoms with Crippen LogP contribution in [0.1, 0.15) is 18.1 Å². The van der Waals surface area contributed by atoms with Crippen LogP contribution in [0, 0.1) is 6.92 Å². The van der Waals surface area contributed by atoms with Gasteiger partial charge in [0, 0.05) is 18.9 Å². The monoisotopic (exact) mass is 304 g/mol. The van der Waals surface area contributed by atoms with Gasteiger partial charge < -0.3 is 10.1 Å². The second kappa shape index (κ2) is 7.09. The summed E-state index contributed by atoms with van der Waals surface area (Å²) >= 11 is 6.05. The molecule has 1 amide bonds. The van der Waals surface area contributed by atoms with Crippen molar-refractivity contribution in [2.45, 2.75) is 26.5 Å². The van der Waals surface area contributed by atoms with E-state index >= 15 is 0 Å². The van der Waals surface area contributed by atoms with E-state index < -0.39 is 6.10 Å². The molecule has 0 unspecified atom stereocenters. The summed E-state index contributed by atoms with van der Waals surface area (Å²) in [6.07, 6.45) is 2.78. The Morgan fingerprint density at radius 3 is 2.95 bits per heavy atom. The number of nitrogens with one attached hydrogen (secondary N) is 1. The van der Waals surface area contributed by atoms with E-state index in [0.29, 0.717) is 17.3 Å². The summed E-state index contributed by atoms with van der Waals surface area (Å²) in [4.78, 5) is 16.0. The summed E-state index contributed by atoms with van der Waals surface area (Å²) in [5, 5.41) is 3.30. The lowest BCUT2D eigenvalue weighted by molar-refractivity contribution is -0.127. The lowest BCUT2D eigenvalue weighted by Gasteiger charge is -2.16. The Balaban J connectivity index is 1.92. The minimum absolute atomic E-state index is 0.198. The van der Waals surface area contributed by atoms with E-state index in [1.807, 2.05) is 31.2 Å². The molecule has 4 nitrogen and oxygen atoms in total. The third kappa shape index (κ3) is 4.46. The topological polar surface area (TPSA) is 51.2 Å². The molecule has 0 saturated carbocycles. The highest BCUT2D eigenvalue weighted by Crippen LogP contribution is 2.26. The predicted molar refractivity (Wildman–Crippen MR) is 82.4 cm³/mol. The quantitative estimate of drug-likeness (QED) is 0.923. The van der Waals surface area contributed by atoms with Gasteiger partial charge in [0.05, 0.1) is 5.02 Å². The fraction of sp³-hybridized carbons (Fsp3) is 0.250. The van der Waals surface area contributed by atoms with Gasteiger partial charge in [0.2, 0.25) is 0 Å². The number of pyridine rings is 1. The number of hydrogen-bond acceptors (Lipinski definition) is 3. The number of hydrogen-bond donors (Lipinski definition) is 1. The van der Waals surface area contributed by atoms with Gasteiger partial charge in [0.1, 0.15) is 5.75 Å². The van der Waals surface area contributed by atoms with Gasteiger partial charge in [0.15, 0.2) is 6.10 Å². The molecule has 1 aromatic heterocycles. The van der Waals surface area contributed by atoms with E-state index in [1.165, 1.54) is 0 Å². The fourth-order valence-electron chi connectivity index (χ4n) is 1.78. The van der Waals surface area contributed by atoms with E-state index in [2.05, 4.69) is 10.3 Å². The molecule has 1 aromatic carbocycles. The standard InChI is InChI=1S/C16H17ClN2O2/c1-11-5-6-14(17)15(8-11)21-12(2)16(20)19-10-13-4-3-7-18-9-13/h3-9,12H,10H2,1-2H3,(H,19,20)/t12-/m0/s1. The fourth-order valence-corrected chi connectivity index (χ4v) is 1.94. The summed E-state index contributed by atoms with van der Waals surface area (Å²) in [5.41, 5.74) is 1.96. The number of carbonyl (C=O) groups is 1. The molecule has 0 radical (unpaired) electrons. The number of rotatable bonds is 5. The smallest absolute Gasteiger partial charge is 0.261 e. The summed E-state index contributed by atoms with van der Waals surface area (Å²) in [6, 6.07) is 9.19. The predicted octanol–water partition coefficient (Wildman–Crippen LogP) is 3.13. The van der Waals surface area contributed by atoms with Gasteiger partial charge in [-0.05, 0) is 43.2 Å². The van der Waals surface area contributed by atoms with Crippen molar-refractivity contribution in [1.82, 2.24) is 10.3 Å². The summed E-state index contributed by atoms with van der Waals surface area (Å²) in [7, 11) is 0. The van der Waals surface area contributed by atoms with Crippen LogP contribution >= 0.6 is 11.6 Å². The molecular formula is C16H17ClN2O2. The van der Waals surface area contributed by atoms with Gasteiger partial charge in [-0.1, -0.05) is 23.7 Å². The number of benzene rings is 1. The van der Waals surface area contributed by atoms with Crippen molar-refractivity contribution in [3.63, 3.8) is 0 Å². The van der Waals surface area contributed by atoms with Crippen molar-refractivity contribution >= 4 is 17.5 Å². The molecule has 0 spiro atoms. The summed E-state index contributed by atoms with van der Waals surface area (Å²) in [5.74, 6) is 0.317. The zero-order chi connectivity index (χ0) is 15.2. The zero-order valence-electron chi connectivity index (χ0n) is 12.0. The van der Waals surface area contributed by atoms with E-state index in [-0.39, 0.29) is 5.91 Å². The highest BCUT2D eigenvalue weighted by atomic mass is 35.5. The van der Waals surface area contributed by atoms with Gasteiger partial charge in [-0.3, -0.25) is 9.78 Å². The third-order valence-electron chi connectivity index (χ3n) is 2.95. The van der Waals surface area contributed by atoms with Crippen molar-refractivity contribution in [3.8, 4) is 5.75 Å². The van der Waals surface area contributed by atoms with E-state index in [4.69, 9.17) is 16.3 Å². The molecule has 0 aliphatic heterocycles. The zero-order valence-corrected chi connectivity index (χ0v) is 12.7. The van der Waals surface area contributed by atoms with Gasteiger partial charge in [-0.2, -0.15) is 0 Å². The van der Waals surface area contributed by atoms with Crippen molar-refractivity contribution in [1.29, 1.82) is 0 Å². The lowest BCUT2D eigenvalue weighted by Crippen LogP contribution is -2.36. The van der Waals surface area contributed by atoms with Gasteiger partial charge in [-0.15, -0.1) is 0 Å². The van der Waals surface area contributed by atoms with Crippen LogP contribution in [0.15, 0.2) is 42.7 Å². The maximum Gasteiger partial charge on any atom is 0.261 e. The van der Waals surface area contributed by atoms with Crippen molar-refractivity contribution < 1.29 is 9.53 Å². The van der Waals surface area contributed by atoms with Crippen LogP contribution in [-0.4, -0.2) is 17.0 Å². The maximum absolute atomic E-state index is 12.0. The minimum Gasteiger partial charge on any atom is -0.479 e. The van der Waals surface area contributed by atoms with Crippen molar-refractivity contribution in [3.05, 3.63) is 58.9 Å². The molecule has 1 N–H and O–H groups in total. The normalized spacial score (nSPS) is 11.8. The maximum atomic E-state index is 12.0. The number of nitrogens with zero attached hydrogens (tertiary/aromatic N) is 1. The van der Waals surface area contributed by atoms with Crippen LogP contribution < -0.4 is 10.1 Å². The molecule has 21 heavy (non-hydrogen) atoms. The number of amides is 1. The molecule has 0 bridgehead atoms. The Morgan fingerprint density at radius 1 is 1.43 bits per heavy atom. The van der Waals surface area contributed by atoms with Crippen LogP contribution in [0.25, 0.3) is 0 Å². The number of carbonyl (C=O) groups excluding carboxylic acids is 1. The van der Waals surface area contributed by atoms with E-state index in [1.54, 1.807) is 25.4 Å². The molecule has 1 heterocycles. The van der Waals surface area contributed by atoms with Crippen LogP contribution in [-0.2, 0) is 11.3 Å². The molecule has 2 aromatic rings. The van der Waals surface area contributed by atoms with Gasteiger partial charge in [-0.25, -0.2) is 0 Å². The Kier molecular flexibility index (Phi) is 5.17. The Bertz CT molecular complexity index is 617. The average Bonchev–Trinajstić information content (AvgIpc) is 2.49. The lowest BCUT2D eigenvalue weighted by atomic mass is 10.2. The van der Waals surface area contributed by atoms with Crippen LogP contribution in [0.3, 0.4) is 0 Å². The largest absolute Gasteiger partial charge is 0.479 e. The highest BCUT2D eigenvalue weighted by Gasteiger charge is 2.15. The third-order valence-corrected chi connectivity index (χ3v) is 3.26. The molecule has 0 fully saturated rings. The Morgan fingerprint density at radius 2 is 2.24 bits per heavy atom. The average molecular weight is 305 g/mol. The number of aromatic nitrogens is 1. The highest BCUT2D eigenvalue weighted by molar-refractivity contribution is 6.32. The molecule has 0 aliphatic carbocycles. The van der Waals surface area contributed by atoms with Crippen LogP contribution in [0.4, 0.5) is 0 Å². The summed E-state index contributed by atoms with van der Waals surface area (Å²) in [6.45, 7) is 4.05. The van der Waals surface area contributed by atoms with E-state index in [9.17, 15) is 4.79 Å². The summed E-state index contributed by atoms with van der Waals surface area (Å²) < 4.78 is 5.62. The van der Waals surface area contributed by atoms with Gasteiger partial charge in [0.25, 0.3) is 5.91 Å². The molecular weight excluding hydrogens is 288 g/mol. The molecule has 5 heteroatoms.